The van der Waals surface area contributed by atoms with Crippen molar-refractivity contribution in [2.24, 2.45) is 0 Å². The van der Waals surface area contributed by atoms with E-state index >= 15 is 0 Å². The minimum Gasteiger partial charge on any atom is -0.494 e. The molecule has 9 nitrogen and oxygen atoms in total. The first-order chi connectivity index (χ1) is 12.9. The quantitative estimate of drug-likeness (QED) is 0.485. The first-order valence-electron chi connectivity index (χ1n) is 8.19. The van der Waals surface area contributed by atoms with Crippen LogP contribution in [0.1, 0.15) is 10.6 Å². The summed E-state index contributed by atoms with van der Waals surface area (Å²) in [4.78, 5) is 30.3. The number of nitrogens with one attached hydrogen (secondary N) is 1. The second kappa shape index (κ2) is 7.72. The molecule has 3 aromatic rings. The number of hydrogen-bond acceptors (Lipinski definition) is 7. The Balaban J connectivity index is 1.99. The molecule has 2 heterocycles. The predicted molar refractivity (Wildman–Crippen MR) is 101 cm³/mol. The first-order valence-corrected chi connectivity index (χ1v) is 9.01. The monoisotopic (exact) mass is 391 g/mol. The van der Waals surface area contributed by atoms with Gasteiger partial charge in [-0.15, -0.1) is 0 Å². The summed E-state index contributed by atoms with van der Waals surface area (Å²) < 4.78 is 11.3. The second-order valence-electron chi connectivity index (χ2n) is 6.11. The molecule has 1 amide bonds. The molecular formula is C17H19N4O5S+. The Morgan fingerprint density at radius 3 is 2.78 bits per heavy atom. The molecule has 0 aliphatic heterocycles. The molecule has 1 aromatic carbocycles. The van der Waals surface area contributed by atoms with Crippen LogP contribution in [0.25, 0.3) is 10.2 Å². The van der Waals surface area contributed by atoms with E-state index in [4.69, 9.17) is 9.15 Å². The van der Waals surface area contributed by atoms with Gasteiger partial charge in [0.15, 0.2) is 10.9 Å². The Labute approximate surface area is 158 Å². The van der Waals surface area contributed by atoms with E-state index in [2.05, 4.69) is 4.98 Å². The van der Waals surface area contributed by atoms with Gasteiger partial charge in [-0.25, -0.2) is 4.98 Å². The number of rotatable bonds is 7. The third kappa shape index (κ3) is 3.91. The number of fused-ring (bicyclic) bond motifs is 1. The summed E-state index contributed by atoms with van der Waals surface area (Å²) in [6, 6.07) is 8.04. The molecule has 0 spiro atoms. The van der Waals surface area contributed by atoms with Gasteiger partial charge in [-0.2, -0.15) is 0 Å². The SMILES string of the molecule is COc1cccc2sc(N(CC[NH+](C)C)C(=O)c3ccc([N+](=O)[O-])o3)nc12. The number of aromatic nitrogens is 1. The number of anilines is 1. The normalized spacial score (nSPS) is 11.1. The molecule has 2 aromatic heterocycles. The maximum atomic E-state index is 13.0. The topological polar surface area (TPSA) is 103 Å². The summed E-state index contributed by atoms with van der Waals surface area (Å²) in [6.07, 6.45) is 0. The van der Waals surface area contributed by atoms with Crippen LogP contribution in [0.5, 0.6) is 5.75 Å². The minimum atomic E-state index is -0.673. The molecule has 0 aliphatic rings. The summed E-state index contributed by atoms with van der Waals surface area (Å²) in [5.41, 5.74) is 0.667. The fraction of sp³-hybridized carbons (Fsp3) is 0.294. The van der Waals surface area contributed by atoms with Gasteiger partial charge in [0.05, 0.1) is 45.1 Å². The maximum Gasteiger partial charge on any atom is 0.433 e. The van der Waals surface area contributed by atoms with Crippen molar-refractivity contribution in [1.82, 2.24) is 4.98 Å². The van der Waals surface area contributed by atoms with E-state index in [1.165, 1.54) is 28.4 Å². The Morgan fingerprint density at radius 1 is 1.37 bits per heavy atom. The Morgan fingerprint density at radius 2 is 2.15 bits per heavy atom. The maximum absolute atomic E-state index is 13.0. The van der Waals surface area contributed by atoms with Crippen LogP contribution in [0.15, 0.2) is 34.7 Å². The fourth-order valence-electron chi connectivity index (χ4n) is 2.48. The minimum absolute atomic E-state index is 0.0957. The number of quaternary nitrogens is 1. The van der Waals surface area contributed by atoms with Crippen LogP contribution >= 0.6 is 11.3 Å². The van der Waals surface area contributed by atoms with Crippen molar-refractivity contribution in [3.05, 3.63) is 46.2 Å². The molecule has 27 heavy (non-hydrogen) atoms. The zero-order chi connectivity index (χ0) is 19.6. The molecule has 0 saturated carbocycles. The fourth-order valence-corrected chi connectivity index (χ4v) is 3.49. The van der Waals surface area contributed by atoms with Gasteiger partial charge >= 0.3 is 5.88 Å². The number of likely N-dealkylation sites (N-methyl/N-ethyl adjacent to an activating group) is 1. The molecule has 3 rings (SSSR count). The average Bonchev–Trinajstić information content (AvgIpc) is 3.28. The number of nitro groups is 1. The molecule has 0 fully saturated rings. The molecule has 0 unspecified atom stereocenters. The van der Waals surface area contributed by atoms with E-state index in [1.807, 2.05) is 26.2 Å². The lowest BCUT2D eigenvalue weighted by atomic mass is 10.3. The van der Waals surface area contributed by atoms with Gasteiger partial charge in [-0.3, -0.25) is 19.8 Å². The van der Waals surface area contributed by atoms with Gasteiger partial charge in [0, 0.05) is 0 Å². The summed E-state index contributed by atoms with van der Waals surface area (Å²) >= 11 is 1.35. The number of para-hydroxylation sites is 1. The smallest absolute Gasteiger partial charge is 0.433 e. The number of furan rings is 1. The number of carbonyl (C=O) groups excluding carboxylic acids is 1. The van der Waals surface area contributed by atoms with Crippen molar-refractivity contribution in [2.45, 2.75) is 0 Å². The van der Waals surface area contributed by atoms with Gasteiger partial charge in [-0.05, 0) is 18.2 Å². The van der Waals surface area contributed by atoms with E-state index < -0.39 is 16.7 Å². The number of thiazole rings is 1. The molecule has 0 atom stereocenters. The van der Waals surface area contributed by atoms with Crippen LogP contribution in [-0.2, 0) is 0 Å². The first kappa shape index (κ1) is 18.8. The molecule has 0 radical (unpaired) electrons. The summed E-state index contributed by atoms with van der Waals surface area (Å²) in [5, 5.41) is 11.3. The second-order valence-corrected chi connectivity index (χ2v) is 7.12. The van der Waals surface area contributed by atoms with Gasteiger partial charge < -0.3 is 14.1 Å². The van der Waals surface area contributed by atoms with Crippen LogP contribution in [-0.4, -0.2) is 50.1 Å². The Kier molecular flexibility index (Phi) is 5.38. The average molecular weight is 391 g/mol. The van der Waals surface area contributed by atoms with Crippen molar-refractivity contribution in [1.29, 1.82) is 0 Å². The highest BCUT2D eigenvalue weighted by atomic mass is 32.1. The van der Waals surface area contributed by atoms with E-state index in [1.54, 1.807) is 13.2 Å². The summed E-state index contributed by atoms with van der Waals surface area (Å²) in [7, 11) is 5.51. The van der Waals surface area contributed by atoms with Crippen LogP contribution in [0, 0.1) is 10.1 Å². The summed E-state index contributed by atoms with van der Waals surface area (Å²) in [5.74, 6) is -0.416. The Bertz CT molecular complexity index is 981. The van der Waals surface area contributed by atoms with Crippen LogP contribution in [0.3, 0.4) is 0 Å². The standard InChI is InChI=1S/C17H18N4O5S/c1-19(2)9-10-20(16(22)12-7-8-14(26-12)21(23)24)17-18-15-11(25-3)5-4-6-13(15)27-17/h4-8H,9-10H2,1-3H3/p+1. The summed E-state index contributed by atoms with van der Waals surface area (Å²) in [6.45, 7) is 1.05. The molecule has 10 heteroatoms. The number of methoxy groups -OCH3 is 1. The predicted octanol–water partition coefficient (Wildman–Crippen LogP) is 1.60. The van der Waals surface area contributed by atoms with E-state index in [9.17, 15) is 14.9 Å². The number of benzene rings is 1. The van der Waals surface area contributed by atoms with Crippen molar-refractivity contribution in [3.63, 3.8) is 0 Å². The molecule has 0 aliphatic carbocycles. The lowest BCUT2D eigenvalue weighted by molar-refractivity contribution is -0.856. The zero-order valence-corrected chi connectivity index (χ0v) is 15.9. The van der Waals surface area contributed by atoms with Gasteiger partial charge in [0.25, 0.3) is 5.91 Å². The van der Waals surface area contributed by atoms with Crippen molar-refractivity contribution >= 4 is 38.5 Å². The highest BCUT2D eigenvalue weighted by molar-refractivity contribution is 7.22. The largest absolute Gasteiger partial charge is 0.494 e. The molecule has 142 valence electrons. The number of hydrogen-bond donors (Lipinski definition) is 1. The number of carbonyl (C=O) groups is 1. The molecule has 0 bridgehead atoms. The van der Waals surface area contributed by atoms with E-state index in [-0.39, 0.29) is 5.76 Å². The highest BCUT2D eigenvalue weighted by Crippen LogP contribution is 2.34. The van der Waals surface area contributed by atoms with Crippen LogP contribution in [0.4, 0.5) is 11.0 Å². The van der Waals surface area contributed by atoms with E-state index in [0.717, 1.165) is 9.60 Å². The Hall–Kier alpha value is -2.98. The lowest BCUT2D eigenvalue weighted by Gasteiger charge is -2.19. The third-order valence-electron chi connectivity index (χ3n) is 3.88. The number of amides is 1. The molecular weight excluding hydrogens is 372 g/mol. The number of ether oxygens (including phenoxy) is 1. The molecule has 1 N–H and O–H groups in total. The van der Waals surface area contributed by atoms with Crippen molar-refractivity contribution in [3.8, 4) is 5.75 Å². The van der Waals surface area contributed by atoms with Gasteiger partial charge in [0.2, 0.25) is 0 Å². The van der Waals surface area contributed by atoms with Crippen LogP contribution < -0.4 is 14.5 Å². The van der Waals surface area contributed by atoms with E-state index in [0.29, 0.717) is 29.5 Å². The van der Waals surface area contributed by atoms with Gasteiger partial charge in [-0.1, -0.05) is 17.4 Å². The zero-order valence-electron chi connectivity index (χ0n) is 15.1. The van der Waals surface area contributed by atoms with Crippen LogP contribution in [0.2, 0.25) is 0 Å². The number of nitrogens with zero attached hydrogens (tertiary/aromatic N) is 3. The van der Waals surface area contributed by atoms with Gasteiger partial charge in [0.1, 0.15) is 16.2 Å². The molecule has 0 saturated heterocycles. The third-order valence-corrected chi connectivity index (χ3v) is 4.93. The lowest BCUT2D eigenvalue weighted by Crippen LogP contribution is -3.06. The highest BCUT2D eigenvalue weighted by Gasteiger charge is 2.27. The van der Waals surface area contributed by atoms with Crippen molar-refractivity contribution < 1.29 is 23.8 Å². The van der Waals surface area contributed by atoms with Crippen molar-refractivity contribution in [2.75, 3.05) is 39.2 Å².